The largest absolute Gasteiger partial charge is 0.356 e. The fraction of sp³-hybridized carbons (Fsp3) is 0.0476. The molecule has 3 aromatic carbocycles. The van der Waals surface area contributed by atoms with Gasteiger partial charge in [0, 0.05) is 27.6 Å². The van der Waals surface area contributed by atoms with Crippen LogP contribution in [0, 0.1) is 0 Å². The molecule has 0 aromatic heterocycles. The summed E-state index contributed by atoms with van der Waals surface area (Å²) in [6, 6.07) is 24.3. The lowest BCUT2D eigenvalue weighted by Crippen LogP contribution is -2.29. The minimum absolute atomic E-state index is 0.548. The van der Waals surface area contributed by atoms with E-state index in [9.17, 15) is 9.59 Å². The Hall–Kier alpha value is -3.25. The van der Waals surface area contributed by atoms with E-state index in [1.807, 2.05) is 66.9 Å². The number of hydrogen-bond donors (Lipinski definition) is 3. The van der Waals surface area contributed by atoms with Gasteiger partial charge in [0.25, 0.3) is 0 Å². The second-order valence-corrected chi connectivity index (χ2v) is 6.59. The van der Waals surface area contributed by atoms with Crippen LogP contribution in [0.15, 0.2) is 83.8 Å². The Morgan fingerprint density at radius 3 is 1.89 bits per heavy atom. The van der Waals surface area contributed by atoms with Crippen molar-refractivity contribution in [2.45, 2.75) is 4.90 Å². The molecular weight excluding hydrogens is 358 g/mol. The second-order valence-electron chi connectivity index (χ2n) is 5.71. The van der Waals surface area contributed by atoms with E-state index in [1.54, 1.807) is 30.0 Å². The Kier molecular flexibility index (Phi) is 6.12. The molecule has 0 saturated carbocycles. The van der Waals surface area contributed by atoms with Crippen molar-refractivity contribution < 1.29 is 9.59 Å². The van der Waals surface area contributed by atoms with Crippen LogP contribution >= 0.6 is 11.8 Å². The molecule has 0 heterocycles. The number of nitrogens with one attached hydrogen (secondary N) is 3. The zero-order valence-electron chi connectivity index (χ0n) is 14.7. The third kappa shape index (κ3) is 5.36. The summed E-state index contributed by atoms with van der Waals surface area (Å²) in [5, 5.41) is 8.46. The van der Waals surface area contributed by atoms with Crippen LogP contribution < -0.4 is 16.0 Å². The van der Waals surface area contributed by atoms with Crippen molar-refractivity contribution in [1.82, 2.24) is 0 Å². The lowest BCUT2D eigenvalue weighted by atomic mass is 10.2. The first-order valence-electron chi connectivity index (χ1n) is 8.32. The third-order valence-electron chi connectivity index (χ3n) is 3.74. The maximum absolute atomic E-state index is 12.1. The van der Waals surface area contributed by atoms with Crippen molar-refractivity contribution in [3.05, 3.63) is 78.9 Å². The molecule has 2 amide bonds. The summed E-state index contributed by atoms with van der Waals surface area (Å²) in [6.07, 6.45) is 1.95. The first-order valence-corrected chi connectivity index (χ1v) is 9.55. The van der Waals surface area contributed by atoms with Gasteiger partial charge < -0.3 is 16.0 Å². The average Bonchev–Trinajstić information content (AvgIpc) is 2.70. The van der Waals surface area contributed by atoms with Gasteiger partial charge in [0.1, 0.15) is 0 Å². The molecule has 136 valence electrons. The van der Waals surface area contributed by atoms with Gasteiger partial charge in [0.2, 0.25) is 0 Å². The number of hydrogen-bond acceptors (Lipinski definition) is 4. The number of anilines is 4. The zero-order chi connectivity index (χ0) is 19.1. The fourth-order valence-corrected chi connectivity index (χ4v) is 2.86. The van der Waals surface area contributed by atoms with Gasteiger partial charge in [-0.2, -0.15) is 0 Å². The maximum Gasteiger partial charge on any atom is 0.314 e. The van der Waals surface area contributed by atoms with E-state index in [1.165, 1.54) is 0 Å². The van der Waals surface area contributed by atoms with Crippen LogP contribution in [0.25, 0.3) is 0 Å². The van der Waals surface area contributed by atoms with Gasteiger partial charge in [0.05, 0.1) is 0 Å². The summed E-state index contributed by atoms with van der Waals surface area (Å²) >= 11 is 1.57. The summed E-state index contributed by atoms with van der Waals surface area (Å²) in [4.78, 5) is 25.2. The smallest absolute Gasteiger partial charge is 0.314 e. The minimum Gasteiger partial charge on any atom is -0.356 e. The Morgan fingerprint density at radius 1 is 0.667 bits per heavy atom. The molecule has 0 fully saturated rings. The van der Waals surface area contributed by atoms with Gasteiger partial charge in [-0.15, -0.1) is 11.8 Å². The SMILES string of the molecule is CSc1cccc(NC(=O)C(=O)Nc2ccc(Nc3ccccc3)cc2)c1. The maximum atomic E-state index is 12.1. The van der Waals surface area contributed by atoms with Gasteiger partial charge in [-0.3, -0.25) is 9.59 Å². The normalized spacial score (nSPS) is 10.1. The lowest BCUT2D eigenvalue weighted by molar-refractivity contribution is -0.132. The predicted molar refractivity (Wildman–Crippen MR) is 112 cm³/mol. The molecule has 0 saturated heterocycles. The molecule has 3 N–H and O–H groups in total. The number of para-hydroxylation sites is 1. The molecule has 27 heavy (non-hydrogen) atoms. The Balaban J connectivity index is 1.57. The van der Waals surface area contributed by atoms with Crippen molar-refractivity contribution in [3.63, 3.8) is 0 Å². The van der Waals surface area contributed by atoms with Gasteiger partial charge in [0.15, 0.2) is 0 Å². The molecule has 0 aliphatic carbocycles. The van der Waals surface area contributed by atoms with Crippen molar-refractivity contribution >= 4 is 46.3 Å². The van der Waals surface area contributed by atoms with Gasteiger partial charge in [-0.25, -0.2) is 0 Å². The number of benzene rings is 3. The molecular formula is C21H19N3O2S. The molecule has 0 aliphatic rings. The summed E-state index contributed by atoms with van der Waals surface area (Å²) in [5.41, 5.74) is 3.00. The molecule has 0 spiro atoms. The van der Waals surface area contributed by atoms with Crippen molar-refractivity contribution in [1.29, 1.82) is 0 Å². The molecule has 0 atom stereocenters. The first-order chi connectivity index (χ1) is 13.1. The number of amides is 2. The summed E-state index contributed by atoms with van der Waals surface area (Å²) in [7, 11) is 0. The topological polar surface area (TPSA) is 70.2 Å². The van der Waals surface area contributed by atoms with Crippen molar-refractivity contribution in [2.24, 2.45) is 0 Å². The highest BCUT2D eigenvalue weighted by molar-refractivity contribution is 7.98. The van der Waals surface area contributed by atoms with Gasteiger partial charge >= 0.3 is 11.8 Å². The van der Waals surface area contributed by atoms with E-state index in [-0.39, 0.29) is 0 Å². The number of rotatable bonds is 5. The van der Waals surface area contributed by atoms with Gasteiger partial charge in [-0.1, -0.05) is 24.3 Å². The van der Waals surface area contributed by atoms with E-state index >= 15 is 0 Å². The van der Waals surface area contributed by atoms with Crippen LogP contribution in [0.3, 0.4) is 0 Å². The number of carbonyl (C=O) groups is 2. The Bertz CT molecular complexity index is 928. The van der Waals surface area contributed by atoms with Crippen molar-refractivity contribution in [3.8, 4) is 0 Å². The average molecular weight is 377 g/mol. The lowest BCUT2D eigenvalue weighted by Gasteiger charge is -2.09. The molecule has 3 rings (SSSR count). The van der Waals surface area contributed by atoms with Crippen LogP contribution in [-0.4, -0.2) is 18.1 Å². The highest BCUT2D eigenvalue weighted by atomic mass is 32.2. The second kappa shape index (κ2) is 8.91. The highest BCUT2D eigenvalue weighted by Gasteiger charge is 2.14. The fourth-order valence-electron chi connectivity index (χ4n) is 2.40. The molecule has 0 unspecified atom stereocenters. The molecule has 5 nitrogen and oxygen atoms in total. The standard InChI is InChI=1S/C21H19N3O2S/c1-27-19-9-5-8-18(14-19)24-21(26)20(25)23-17-12-10-16(11-13-17)22-15-6-3-2-4-7-15/h2-14,22H,1H3,(H,23,25)(H,24,26). The molecule has 0 radical (unpaired) electrons. The molecule has 6 heteroatoms. The van der Waals surface area contributed by atoms with E-state index < -0.39 is 11.8 Å². The Labute approximate surface area is 162 Å². The van der Waals surface area contributed by atoms with Crippen LogP contribution in [0.1, 0.15) is 0 Å². The zero-order valence-corrected chi connectivity index (χ0v) is 15.5. The van der Waals surface area contributed by atoms with E-state index in [0.717, 1.165) is 16.3 Å². The molecule has 0 bridgehead atoms. The Morgan fingerprint density at radius 2 is 1.22 bits per heavy atom. The van der Waals surface area contributed by atoms with Gasteiger partial charge in [-0.05, 0) is 60.9 Å². The summed E-state index contributed by atoms with van der Waals surface area (Å²) in [5.74, 6) is -1.42. The van der Waals surface area contributed by atoms with Crippen LogP contribution in [-0.2, 0) is 9.59 Å². The molecule has 0 aliphatic heterocycles. The van der Waals surface area contributed by atoms with E-state index in [0.29, 0.717) is 11.4 Å². The quantitative estimate of drug-likeness (QED) is 0.444. The molecule has 3 aromatic rings. The van der Waals surface area contributed by atoms with E-state index in [2.05, 4.69) is 16.0 Å². The van der Waals surface area contributed by atoms with Crippen molar-refractivity contribution in [2.75, 3.05) is 22.2 Å². The van der Waals surface area contributed by atoms with Crippen LogP contribution in [0.5, 0.6) is 0 Å². The van der Waals surface area contributed by atoms with Crippen LogP contribution in [0.2, 0.25) is 0 Å². The summed E-state index contributed by atoms with van der Waals surface area (Å²) in [6.45, 7) is 0. The predicted octanol–water partition coefficient (Wildman–Crippen LogP) is 4.73. The number of carbonyl (C=O) groups excluding carboxylic acids is 2. The highest BCUT2D eigenvalue weighted by Crippen LogP contribution is 2.20. The van der Waals surface area contributed by atoms with E-state index in [4.69, 9.17) is 0 Å². The third-order valence-corrected chi connectivity index (χ3v) is 4.46. The monoisotopic (exact) mass is 377 g/mol. The first kappa shape index (κ1) is 18.5. The number of thioether (sulfide) groups is 1. The summed E-state index contributed by atoms with van der Waals surface area (Å²) < 4.78 is 0. The minimum atomic E-state index is -0.715. The van der Waals surface area contributed by atoms with Crippen LogP contribution in [0.4, 0.5) is 22.7 Å².